The van der Waals surface area contributed by atoms with Crippen molar-refractivity contribution in [3.05, 3.63) is 132 Å². The molecule has 0 unspecified atom stereocenters. The highest BCUT2D eigenvalue weighted by molar-refractivity contribution is 7.92. The van der Waals surface area contributed by atoms with Gasteiger partial charge in [0.1, 0.15) is 18.4 Å². The van der Waals surface area contributed by atoms with Crippen LogP contribution in [0.1, 0.15) is 30.5 Å². The second kappa shape index (κ2) is 14.8. The predicted octanol–water partition coefficient (Wildman–Crippen LogP) is 5.74. The van der Waals surface area contributed by atoms with E-state index in [-0.39, 0.29) is 29.7 Å². The first-order valence-corrected chi connectivity index (χ1v) is 16.0. The van der Waals surface area contributed by atoms with Crippen molar-refractivity contribution in [1.82, 2.24) is 10.2 Å². The lowest BCUT2D eigenvalue weighted by atomic mass is 10.0. The molecule has 0 aliphatic carbocycles. The van der Waals surface area contributed by atoms with Crippen molar-refractivity contribution in [2.45, 2.75) is 44.7 Å². The van der Waals surface area contributed by atoms with Crippen molar-refractivity contribution in [3.8, 4) is 0 Å². The molecule has 1 atom stereocenters. The number of nitrogens with one attached hydrogen (secondary N) is 1. The van der Waals surface area contributed by atoms with E-state index in [9.17, 15) is 22.4 Å². The Morgan fingerprint density at radius 1 is 0.795 bits per heavy atom. The third-order valence-corrected chi connectivity index (χ3v) is 8.94. The van der Waals surface area contributed by atoms with Gasteiger partial charge in [-0.25, -0.2) is 12.8 Å². The highest BCUT2D eigenvalue weighted by Crippen LogP contribution is 2.25. The zero-order valence-corrected chi connectivity index (χ0v) is 26.0. The Bertz CT molecular complexity index is 1630. The second-order valence-corrected chi connectivity index (χ2v) is 13.0. The summed E-state index contributed by atoms with van der Waals surface area (Å²) in [4.78, 5) is 29.6. The Balaban J connectivity index is 1.77. The zero-order chi connectivity index (χ0) is 31.7. The molecule has 4 rings (SSSR count). The van der Waals surface area contributed by atoms with Crippen molar-refractivity contribution in [3.63, 3.8) is 0 Å². The van der Waals surface area contributed by atoms with Crippen LogP contribution < -0.4 is 9.62 Å². The van der Waals surface area contributed by atoms with Crippen LogP contribution in [0, 0.1) is 18.7 Å². The van der Waals surface area contributed by atoms with Crippen molar-refractivity contribution in [2.24, 2.45) is 5.92 Å². The zero-order valence-electron chi connectivity index (χ0n) is 25.2. The van der Waals surface area contributed by atoms with E-state index in [1.165, 1.54) is 29.2 Å². The number of amides is 2. The normalized spacial score (nSPS) is 12.0. The number of hydrogen-bond donors (Lipinski definition) is 1. The quantitative estimate of drug-likeness (QED) is 0.208. The Morgan fingerprint density at radius 2 is 1.39 bits per heavy atom. The number of hydrogen-bond acceptors (Lipinski definition) is 4. The minimum Gasteiger partial charge on any atom is -0.354 e. The van der Waals surface area contributed by atoms with E-state index in [0.717, 1.165) is 15.4 Å². The number of para-hydroxylation sites is 1. The smallest absolute Gasteiger partial charge is 0.264 e. The number of benzene rings is 4. The summed E-state index contributed by atoms with van der Waals surface area (Å²) in [5.41, 5.74) is 2.64. The van der Waals surface area contributed by atoms with Crippen LogP contribution >= 0.6 is 0 Å². The van der Waals surface area contributed by atoms with Crippen molar-refractivity contribution in [2.75, 3.05) is 17.4 Å². The molecule has 0 heterocycles. The average molecular weight is 616 g/mol. The molecule has 9 heteroatoms. The molecule has 0 spiro atoms. The highest BCUT2D eigenvalue weighted by Gasteiger charge is 2.34. The largest absolute Gasteiger partial charge is 0.354 e. The molecule has 2 amide bonds. The Morgan fingerprint density at radius 3 is 1.98 bits per heavy atom. The lowest BCUT2D eigenvalue weighted by Gasteiger charge is -2.34. The third-order valence-electron chi connectivity index (χ3n) is 7.15. The van der Waals surface area contributed by atoms with E-state index in [0.29, 0.717) is 17.8 Å². The maximum absolute atomic E-state index is 14.4. The fourth-order valence-corrected chi connectivity index (χ4v) is 6.14. The molecule has 0 saturated carbocycles. The van der Waals surface area contributed by atoms with Gasteiger partial charge in [0.05, 0.1) is 10.6 Å². The van der Waals surface area contributed by atoms with Crippen LogP contribution in [0.2, 0.25) is 0 Å². The molecule has 230 valence electrons. The SMILES string of the molecule is Cc1ccc(S(=O)(=O)N(CC(=O)N(Cc2ccc(F)cc2)[C@H](Cc2ccccc2)C(=O)NCC(C)C)c2ccccc2)cc1. The first-order chi connectivity index (χ1) is 21.0. The molecule has 0 aromatic heterocycles. The molecule has 7 nitrogen and oxygen atoms in total. The molecule has 44 heavy (non-hydrogen) atoms. The van der Waals surface area contributed by atoms with Crippen LogP contribution in [0.15, 0.2) is 114 Å². The molecule has 0 fully saturated rings. The summed E-state index contributed by atoms with van der Waals surface area (Å²) < 4.78 is 42.9. The number of aryl methyl sites for hydroxylation is 1. The summed E-state index contributed by atoms with van der Waals surface area (Å²) in [7, 11) is -4.17. The predicted molar refractivity (Wildman–Crippen MR) is 171 cm³/mol. The van der Waals surface area contributed by atoms with Crippen LogP contribution in [0.3, 0.4) is 0 Å². The number of halogens is 1. The van der Waals surface area contributed by atoms with E-state index in [1.807, 2.05) is 51.1 Å². The third kappa shape index (κ3) is 8.54. The first-order valence-electron chi connectivity index (χ1n) is 14.5. The Hall–Kier alpha value is -4.50. The van der Waals surface area contributed by atoms with Crippen LogP contribution in [-0.2, 0) is 32.6 Å². The number of carbonyl (C=O) groups is 2. The van der Waals surface area contributed by atoms with Crippen molar-refractivity contribution < 1.29 is 22.4 Å². The molecular formula is C35H38FN3O4S. The standard InChI is InChI=1S/C35H38FN3O4S/c1-26(2)23-37-35(41)33(22-28-10-6-4-7-11-28)38(24-29-16-18-30(36)19-17-29)34(40)25-39(31-12-8-5-9-13-31)44(42,43)32-20-14-27(3)15-21-32/h4-21,26,33H,22-25H2,1-3H3,(H,37,41)/t33-/m1/s1. The number of anilines is 1. The van der Waals surface area contributed by atoms with Gasteiger partial charge in [-0.3, -0.25) is 13.9 Å². The minimum absolute atomic E-state index is 0.0288. The van der Waals surface area contributed by atoms with Gasteiger partial charge in [-0.2, -0.15) is 0 Å². The minimum atomic E-state index is -4.17. The first kappa shape index (κ1) is 32.4. The van der Waals surface area contributed by atoms with Gasteiger partial charge in [-0.05, 0) is 60.4 Å². The van der Waals surface area contributed by atoms with Crippen LogP contribution in [0.25, 0.3) is 0 Å². The number of rotatable bonds is 13. The van der Waals surface area contributed by atoms with Crippen molar-refractivity contribution in [1.29, 1.82) is 0 Å². The van der Waals surface area contributed by atoms with Gasteiger partial charge in [0.15, 0.2) is 0 Å². The van der Waals surface area contributed by atoms with Gasteiger partial charge in [-0.1, -0.05) is 92.2 Å². The molecule has 4 aromatic rings. The van der Waals surface area contributed by atoms with Crippen molar-refractivity contribution >= 4 is 27.5 Å². The monoisotopic (exact) mass is 615 g/mol. The van der Waals surface area contributed by atoms with Gasteiger partial charge < -0.3 is 10.2 Å². The molecule has 4 aromatic carbocycles. The molecule has 0 aliphatic heterocycles. The Labute approximate surface area is 259 Å². The van der Waals surface area contributed by atoms with Gasteiger partial charge in [0, 0.05) is 19.5 Å². The summed E-state index contributed by atoms with van der Waals surface area (Å²) >= 11 is 0. The summed E-state index contributed by atoms with van der Waals surface area (Å²) in [6.07, 6.45) is 0.202. The van der Waals surface area contributed by atoms with Gasteiger partial charge in [0.2, 0.25) is 11.8 Å². The van der Waals surface area contributed by atoms with Crippen LogP contribution in [-0.4, -0.2) is 44.3 Å². The fourth-order valence-electron chi connectivity index (χ4n) is 4.72. The van der Waals surface area contributed by atoms with Gasteiger partial charge in [0.25, 0.3) is 10.0 Å². The summed E-state index contributed by atoms with van der Waals surface area (Å²) in [6.45, 7) is 5.63. The summed E-state index contributed by atoms with van der Waals surface area (Å²) in [6, 6.07) is 28.9. The molecule has 0 bridgehead atoms. The summed E-state index contributed by atoms with van der Waals surface area (Å²) in [5, 5.41) is 2.95. The highest BCUT2D eigenvalue weighted by atomic mass is 32.2. The number of sulfonamides is 1. The summed E-state index contributed by atoms with van der Waals surface area (Å²) in [5.74, 6) is -1.19. The fraction of sp³-hybridized carbons (Fsp3) is 0.257. The van der Waals surface area contributed by atoms with Gasteiger partial charge in [-0.15, -0.1) is 0 Å². The average Bonchev–Trinajstić information content (AvgIpc) is 3.02. The topological polar surface area (TPSA) is 86.8 Å². The molecule has 0 radical (unpaired) electrons. The molecule has 0 saturated heterocycles. The molecule has 1 N–H and O–H groups in total. The lowest BCUT2D eigenvalue weighted by molar-refractivity contribution is -0.140. The van der Waals surface area contributed by atoms with Crippen LogP contribution in [0.4, 0.5) is 10.1 Å². The molecule has 0 aliphatic rings. The van der Waals surface area contributed by atoms with Gasteiger partial charge >= 0.3 is 0 Å². The van der Waals surface area contributed by atoms with E-state index in [1.54, 1.807) is 54.6 Å². The molecular weight excluding hydrogens is 577 g/mol. The van der Waals surface area contributed by atoms with Crippen LogP contribution in [0.5, 0.6) is 0 Å². The van der Waals surface area contributed by atoms with E-state index in [4.69, 9.17) is 0 Å². The van der Waals surface area contributed by atoms with E-state index < -0.39 is 34.3 Å². The van der Waals surface area contributed by atoms with E-state index >= 15 is 0 Å². The number of carbonyl (C=O) groups excluding carboxylic acids is 2. The second-order valence-electron chi connectivity index (χ2n) is 11.2. The number of nitrogens with zero attached hydrogens (tertiary/aromatic N) is 2. The Kier molecular flexibility index (Phi) is 10.9. The van der Waals surface area contributed by atoms with E-state index in [2.05, 4.69) is 5.32 Å². The lowest BCUT2D eigenvalue weighted by Crippen LogP contribution is -2.53. The maximum Gasteiger partial charge on any atom is 0.264 e. The maximum atomic E-state index is 14.4.